The fourth-order valence-corrected chi connectivity index (χ4v) is 5.00. The monoisotopic (exact) mass is 534 g/mol. The molecular weight excluding hydrogens is 503 g/mol. The van der Waals surface area contributed by atoms with Crippen LogP contribution in [0.2, 0.25) is 0 Å². The van der Waals surface area contributed by atoms with E-state index in [4.69, 9.17) is 36.1 Å². The molecule has 3 rings (SSSR count). The second-order valence-electron chi connectivity index (χ2n) is 8.87. The molecule has 2 aromatic heterocycles. The van der Waals surface area contributed by atoms with Crippen molar-refractivity contribution < 1.29 is 33.0 Å². The van der Waals surface area contributed by atoms with E-state index in [9.17, 15) is 14.3 Å². The van der Waals surface area contributed by atoms with Gasteiger partial charge in [0.05, 0.1) is 36.4 Å². The number of rotatable bonds is 11. The number of nitrogens with two attached hydrogens (primary N) is 1. The Labute approximate surface area is 208 Å². The van der Waals surface area contributed by atoms with Crippen molar-refractivity contribution >= 4 is 42.4 Å². The molecule has 0 aliphatic carbocycles. The standard InChI is InChI=1S/C20H32ClN6O7P/c1-6-31-16-14-15(24-19(22)25-16)27(10-23-14)18-20(5,21)7-13(34-18)9-33-35(29,30)26-12(4)8-32-17(28)11(2)3/h10-13,18H,6-9H2,1-5H3,(H2,22,24,25)(H2,26,29,30)/t12-,13+,18-,20-/m1/s1. The number of imidazole rings is 1. The Hall–Kier alpha value is -2.02. The van der Waals surface area contributed by atoms with Gasteiger partial charge in [0, 0.05) is 6.04 Å². The minimum atomic E-state index is -4.20. The predicted octanol–water partition coefficient (Wildman–Crippen LogP) is 2.39. The summed E-state index contributed by atoms with van der Waals surface area (Å²) in [5.74, 6) is -0.426. The average Bonchev–Trinajstić information content (AvgIpc) is 3.29. The maximum Gasteiger partial charge on any atom is 0.403 e. The molecule has 0 amide bonds. The highest BCUT2D eigenvalue weighted by atomic mass is 35.5. The first kappa shape index (κ1) is 27.6. The molecule has 0 aromatic carbocycles. The second kappa shape index (κ2) is 10.9. The number of nitrogens with zero attached hydrogens (tertiary/aromatic N) is 4. The van der Waals surface area contributed by atoms with Crippen molar-refractivity contribution in [3.05, 3.63) is 6.33 Å². The van der Waals surface area contributed by atoms with Gasteiger partial charge in [-0.05, 0) is 27.2 Å². The minimum absolute atomic E-state index is 0.0114. The molecule has 1 aliphatic rings. The molecular formula is C20H32ClN6O7P. The van der Waals surface area contributed by atoms with Crippen LogP contribution >= 0.6 is 19.3 Å². The minimum Gasteiger partial charge on any atom is -0.476 e. The molecule has 4 N–H and O–H groups in total. The third-order valence-electron chi connectivity index (χ3n) is 5.17. The number of nitrogen functional groups attached to an aromatic ring is 1. The summed E-state index contributed by atoms with van der Waals surface area (Å²) >= 11 is 6.76. The number of nitrogens with one attached hydrogen (secondary N) is 1. The van der Waals surface area contributed by atoms with Crippen LogP contribution in [-0.4, -0.2) is 67.2 Å². The molecule has 13 nitrogen and oxygen atoms in total. The molecule has 196 valence electrons. The van der Waals surface area contributed by atoms with Crippen LogP contribution in [0.4, 0.5) is 5.95 Å². The Bertz CT molecular complexity index is 1100. The topological polar surface area (TPSA) is 173 Å². The van der Waals surface area contributed by atoms with Crippen LogP contribution in [0.5, 0.6) is 5.88 Å². The van der Waals surface area contributed by atoms with Crippen LogP contribution in [0.25, 0.3) is 11.2 Å². The van der Waals surface area contributed by atoms with Crippen molar-refractivity contribution in [1.82, 2.24) is 24.6 Å². The number of ether oxygens (including phenoxy) is 3. The average molecular weight is 535 g/mol. The molecule has 1 fully saturated rings. The lowest BCUT2D eigenvalue weighted by molar-refractivity contribution is -0.147. The molecule has 5 atom stereocenters. The number of alkyl halides is 1. The van der Waals surface area contributed by atoms with Crippen molar-refractivity contribution in [3.8, 4) is 5.88 Å². The van der Waals surface area contributed by atoms with E-state index >= 15 is 0 Å². The van der Waals surface area contributed by atoms with Crippen LogP contribution < -0.4 is 15.6 Å². The van der Waals surface area contributed by atoms with E-state index in [1.807, 2.05) is 6.92 Å². The number of carbonyl (C=O) groups excluding carboxylic acids is 1. The summed E-state index contributed by atoms with van der Waals surface area (Å²) in [6.07, 6.45) is 0.516. The van der Waals surface area contributed by atoms with E-state index in [0.717, 1.165) is 0 Å². The van der Waals surface area contributed by atoms with Crippen molar-refractivity contribution in [2.45, 2.75) is 64.3 Å². The van der Waals surface area contributed by atoms with Crippen LogP contribution in [-0.2, 0) is 23.4 Å². The maximum absolute atomic E-state index is 12.5. The van der Waals surface area contributed by atoms with Crippen LogP contribution in [0, 0.1) is 5.92 Å². The van der Waals surface area contributed by atoms with Gasteiger partial charge >= 0.3 is 13.7 Å². The largest absolute Gasteiger partial charge is 0.476 e. The molecule has 15 heteroatoms. The fourth-order valence-electron chi connectivity index (χ4n) is 3.60. The first-order valence-electron chi connectivity index (χ1n) is 11.2. The quantitative estimate of drug-likeness (QED) is 0.218. The van der Waals surface area contributed by atoms with Gasteiger partial charge in [0.2, 0.25) is 11.8 Å². The lowest BCUT2D eigenvalue weighted by Gasteiger charge is -2.24. The smallest absolute Gasteiger partial charge is 0.403 e. The molecule has 3 heterocycles. The Morgan fingerprint density at radius 3 is 2.83 bits per heavy atom. The number of anilines is 1. The zero-order chi connectivity index (χ0) is 26.0. The van der Waals surface area contributed by atoms with Crippen molar-refractivity contribution in [3.63, 3.8) is 0 Å². The number of fused-ring (bicyclic) bond motifs is 1. The number of halogens is 1. The van der Waals surface area contributed by atoms with Gasteiger partial charge in [-0.15, -0.1) is 11.6 Å². The Morgan fingerprint density at radius 1 is 1.46 bits per heavy atom. The summed E-state index contributed by atoms with van der Waals surface area (Å²) in [6.45, 7) is 8.70. The van der Waals surface area contributed by atoms with E-state index in [-0.39, 0.29) is 31.0 Å². The Balaban J connectivity index is 1.64. The molecule has 35 heavy (non-hydrogen) atoms. The van der Waals surface area contributed by atoms with Crippen molar-refractivity contribution in [1.29, 1.82) is 0 Å². The summed E-state index contributed by atoms with van der Waals surface area (Å²) in [5, 5.41) is 2.45. The molecule has 1 unspecified atom stereocenters. The highest BCUT2D eigenvalue weighted by Crippen LogP contribution is 2.46. The lowest BCUT2D eigenvalue weighted by Crippen LogP contribution is -2.31. The van der Waals surface area contributed by atoms with E-state index < -0.39 is 37.0 Å². The molecule has 1 aliphatic heterocycles. The van der Waals surface area contributed by atoms with Gasteiger partial charge in [0.15, 0.2) is 17.4 Å². The van der Waals surface area contributed by atoms with E-state index in [1.54, 1.807) is 32.3 Å². The third kappa shape index (κ3) is 6.81. The third-order valence-corrected chi connectivity index (χ3v) is 6.78. The van der Waals surface area contributed by atoms with Gasteiger partial charge in [-0.3, -0.25) is 13.9 Å². The predicted molar refractivity (Wildman–Crippen MR) is 128 cm³/mol. The SMILES string of the molecule is CCOc1nc(N)nc2c1ncn2[C@@H]1O[C@H](COP(=O)(O)N[C@H](C)COC(=O)C(C)C)C[C@@]1(C)Cl. The van der Waals surface area contributed by atoms with Gasteiger partial charge in [-0.25, -0.2) is 14.6 Å². The van der Waals surface area contributed by atoms with E-state index in [0.29, 0.717) is 24.2 Å². The van der Waals surface area contributed by atoms with Gasteiger partial charge in [0.1, 0.15) is 6.61 Å². The summed E-state index contributed by atoms with van der Waals surface area (Å²) in [6, 6.07) is -0.605. The second-order valence-corrected chi connectivity index (χ2v) is 11.3. The van der Waals surface area contributed by atoms with E-state index in [2.05, 4.69) is 20.0 Å². The molecule has 2 aromatic rings. The highest BCUT2D eigenvalue weighted by molar-refractivity contribution is 7.50. The summed E-state index contributed by atoms with van der Waals surface area (Å²) in [4.78, 5) is 33.5. The normalized spacial score (nSPS) is 25.0. The number of carbonyl (C=O) groups is 1. The number of aromatic nitrogens is 4. The summed E-state index contributed by atoms with van der Waals surface area (Å²) < 4.78 is 36.0. The van der Waals surface area contributed by atoms with Gasteiger partial charge in [0.25, 0.3) is 0 Å². The summed E-state index contributed by atoms with van der Waals surface area (Å²) in [5.41, 5.74) is 6.63. The van der Waals surface area contributed by atoms with Gasteiger partial charge in [-0.2, -0.15) is 9.97 Å². The van der Waals surface area contributed by atoms with Crippen LogP contribution in [0.15, 0.2) is 6.33 Å². The van der Waals surface area contributed by atoms with Crippen LogP contribution in [0.1, 0.15) is 47.3 Å². The van der Waals surface area contributed by atoms with Crippen molar-refractivity contribution in [2.75, 3.05) is 25.6 Å². The zero-order valence-electron chi connectivity index (χ0n) is 20.3. The van der Waals surface area contributed by atoms with Crippen LogP contribution in [0.3, 0.4) is 0 Å². The fraction of sp³-hybridized carbons (Fsp3) is 0.700. The molecule has 0 bridgehead atoms. The molecule has 0 spiro atoms. The zero-order valence-corrected chi connectivity index (χ0v) is 22.0. The number of esters is 1. The van der Waals surface area contributed by atoms with Gasteiger partial charge in [-0.1, -0.05) is 13.8 Å². The molecule has 0 radical (unpaired) electrons. The highest BCUT2D eigenvalue weighted by Gasteiger charge is 2.46. The Morgan fingerprint density at radius 2 is 2.17 bits per heavy atom. The number of hydrogen-bond acceptors (Lipinski definition) is 10. The first-order valence-corrected chi connectivity index (χ1v) is 13.2. The lowest BCUT2D eigenvalue weighted by atomic mass is 10.1. The Kier molecular flexibility index (Phi) is 8.61. The van der Waals surface area contributed by atoms with Gasteiger partial charge < -0.3 is 24.8 Å². The summed E-state index contributed by atoms with van der Waals surface area (Å²) in [7, 11) is -4.20. The molecule has 1 saturated heterocycles. The maximum atomic E-state index is 12.5. The number of hydrogen-bond donors (Lipinski definition) is 3. The first-order chi connectivity index (χ1) is 16.3. The van der Waals surface area contributed by atoms with E-state index in [1.165, 1.54) is 6.33 Å². The molecule has 0 saturated carbocycles. The van der Waals surface area contributed by atoms with Crippen molar-refractivity contribution in [2.24, 2.45) is 5.92 Å².